The summed E-state index contributed by atoms with van der Waals surface area (Å²) in [6.07, 6.45) is 0. The highest BCUT2D eigenvalue weighted by atomic mass is 14.4. The van der Waals surface area contributed by atoms with Crippen LogP contribution >= 0.6 is 0 Å². The smallest absolute Gasteiger partial charge is 0.0386 e. The zero-order valence-electron chi connectivity index (χ0n) is 4.73. The van der Waals surface area contributed by atoms with E-state index in [1.165, 1.54) is 0 Å². The topological polar surface area (TPSA) is 0 Å². The van der Waals surface area contributed by atoms with E-state index in [2.05, 4.69) is 20.8 Å². The zero-order valence-corrected chi connectivity index (χ0v) is 4.73. The van der Waals surface area contributed by atoms with Gasteiger partial charge in [0.15, 0.2) is 0 Å². The van der Waals surface area contributed by atoms with Crippen LogP contribution in [0.1, 0.15) is 20.8 Å². The number of rotatable bonds is 0. The highest BCUT2D eigenvalue weighted by Crippen LogP contribution is 2.44. The molecule has 0 aliphatic heterocycles. The highest BCUT2D eigenvalue weighted by Gasteiger charge is 2.37. The third-order valence-corrected chi connectivity index (χ3v) is 2.35. The van der Waals surface area contributed by atoms with E-state index < -0.39 is 0 Å². The molecule has 0 bridgehead atoms. The lowest BCUT2D eigenvalue weighted by molar-refractivity contribution is 0.834. The van der Waals surface area contributed by atoms with Crippen LogP contribution in [0.2, 0.25) is 0 Å². The Morgan fingerprint density at radius 3 is 0.833 bits per heavy atom. The van der Waals surface area contributed by atoms with E-state index in [-0.39, 0.29) is 0 Å². The van der Waals surface area contributed by atoms with Gasteiger partial charge in [-0.25, -0.2) is 0 Å². The van der Waals surface area contributed by atoms with E-state index >= 15 is 0 Å². The fourth-order valence-electron chi connectivity index (χ4n) is 0.911. The molecule has 1 fully saturated rings. The van der Waals surface area contributed by atoms with E-state index in [1.54, 1.807) is 0 Å². The average molecular weight is 84.2 g/mol. The Bertz CT molecular complexity index is 36.8. The van der Waals surface area contributed by atoms with Crippen LogP contribution in [-0.2, 0) is 0 Å². The summed E-state index contributed by atoms with van der Waals surface area (Å²) in [5.41, 5.74) is 0. The van der Waals surface area contributed by atoms with Crippen molar-refractivity contribution >= 4 is 0 Å². The second kappa shape index (κ2) is 0.988. The summed E-state index contributed by atoms with van der Waals surface area (Å²) in [5, 5.41) is 0. The van der Waals surface area contributed by atoms with Gasteiger partial charge in [0.05, 0.1) is 0 Å². The molecule has 0 spiro atoms. The van der Waals surface area contributed by atoms with Crippen molar-refractivity contribution in [2.24, 2.45) is 17.8 Å². The van der Waals surface area contributed by atoms with Crippen LogP contribution in [0.15, 0.2) is 0 Å². The lowest BCUT2D eigenvalue weighted by Crippen LogP contribution is -1.58. The Hall–Kier alpha value is 0. The van der Waals surface area contributed by atoms with Crippen LogP contribution in [-0.4, -0.2) is 0 Å². The largest absolute Gasteiger partial charge is 0.0620 e. The fraction of sp³-hybridized carbons (Fsp3) is 1.00. The summed E-state index contributed by atoms with van der Waals surface area (Å²) in [7, 11) is 0. The number of hydrogen-bond donors (Lipinski definition) is 0. The van der Waals surface area contributed by atoms with E-state index in [9.17, 15) is 0 Å². The van der Waals surface area contributed by atoms with Gasteiger partial charge in [-0.1, -0.05) is 20.8 Å². The molecule has 0 amide bonds. The second-order valence-corrected chi connectivity index (χ2v) is 2.58. The monoisotopic (exact) mass is 84.1 g/mol. The Morgan fingerprint density at radius 1 is 0.667 bits per heavy atom. The minimum absolute atomic E-state index is 1.02. The van der Waals surface area contributed by atoms with Crippen LogP contribution < -0.4 is 0 Å². The summed E-state index contributed by atoms with van der Waals surface area (Å²) < 4.78 is 0. The first kappa shape index (κ1) is 4.17. The maximum absolute atomic E-state index is 2.31. The first-order valence-corrected chi connectivity index (χ1v) is 2.73. The molecule has 0 saturated heterocycles. The molecule has 36 valence electrons. The summed E-state index contributed by atoms with van der Waals surface area (Å²) in [6.45, 7) is 6.94. The molecule has 0 atom stereocenters. The maximum atomic E-state index is 2.31. The van der Waals surface area contributed by atoms with Gasteiger partial charge >= 0.3 is 0 Å². The molecule has 0 aromatic carbocycles. The molecule has 0 aromatic rings. The lowest BCUT2D eigenvalue weighted by Gasteiger charge is -1.66. The summed E-state index contributed by atoms with van der Waals surface area (Å²) in [4.78, 5) is 0. The predicted octanol–water partition coefficient (Wildman–Crippen LogP) is 1.91. The Morgan fingerprint density at radius 2 is 0.833 bits per heavy atom. The molecule has 0 unspecified atom stereocenters. The van der Waals surface area contributed by atoms with Gasteiger partial charge in [-0.05, 0) is 17.8 Å². The Balaban J connectivity index is 2.31. The van der Waals surface area contributed by atoms with Crippen LogP contribution in [0.3, 0.4) is 0 Å². The van der Waals surface area contributed by atoms with Crippen LogP contribution in [0, 0.1) is 17.8 Å². The predicted molar refractivity (Wildman–Crippen MR) is 27.5 cm³/mol. The van der Waals surface area contributed by atoms with Gasteiger partial charge in [0, 0.05) is 0 Å². The molecule has 6 heavy (non-hydrogen) atoms. The molecule has 0 heterocycles. The third kappa shape index (κ3) is 0.360. The minimum atomic E-state index is 1.02. The lowest BCUT2D eigenvalue weighted by atomic mass is 10.4. The van der Waals surface area contributed by atoms with Crippen molar-refractivity contribution in [1.82, 2.24) is 0 Å². The summed E-state index contributed by atoms with van der Waals surface area (Å²) >= 11 is 0. The van der Waals surface area contributed by atoms with Crippen molar-refractivity contribution in [1.29, 1.82) is 0 Å². The van der Waals surface area contributed by atoms with Crippen molar-refractivity contribution in [2.75, 3.05) is 0 Å². The first-order chi connectivity index (χ1) is 2.73. The van der Waals surface area contributed by atoms with Gasteiger partial charge in [-0.15, -0.1) is 0 Å². The SMILES string of the molecule is CC1C(C)C1C. The molecule has 1 aliphatic rings. The molecule has 0 aromatic heterocycles. The summed E-state index contributed by atoms with van der Waals surface area (Å²) in [5.74, 6) is 3.06. The minimum Gasteiger partial charge on any atom is -0.0620 e. The van der Waals surface area contributed by atoms with Crippen LogP contribution in [0.25, 0.3) is 0 Å². The Labute approximate surface area is 39.6 Å². The fourth-order valence-corrected chi connectivity index (χ4v) is 0.911. The van der Waals surface area contributed by atoms with Gasteiger partial charge in [0.25, 0.3) is 0 Å². The van der Waals surface area contributed by atoms with E-state index in [0.29, 0.717) is 0 Å². The van der Waals surface area contributed by atoms with Crippen LogP contribution in [0.4, 0.5) is 0 Å². The van der Waals surface area contributed by atoms with Crippen molar-refractivity contribution in [3.63, 3.8) is 0 Å². The van der Waals surface area contributed by atoms with Crippen molar-refractivity contribution in [2.45, 2.75) is 20.8 Å². The quantitative estimate of drug-likeness (QED) is 0.420. The number of hydrogen-bond acceptors (Lipinski definition) is 0. The average Bonchev–Trinajstić information content (AvgIpc) is 1.94. The molecule has 0 N–H and O–H groups in total. The molecular weight excluding hydrogens is 72.1 g/mol. The van der Waals surface area contributed by atoms with Gasteiger partial charge < -0.3 is 0 Å². The van der Waals surface area contributed by atoms with Gasteiger partial charge in [-0.3, -0.25) is 0 Å². The molecule has 1 saturated carbocycles. The van der Waals surface area contributed by atoms with Gasteiger partial charge in [0.2, 0.25) is 0 Å². The second-order valence-electron chi connectivity index (χ2n) is 2.58. The maximum Gasteiger partial charge on any atom is -0.0386 e. The first-order valence-electron chi connectivity index (χ1n) is 2.73. The van der Waals surface area contributed by atoms with Crippen LogP contribution in [0.5, 0.6) is 0 Å². The van der Waals surface area contributed by atoms with Crippen molar-refractivity contribution < 1.29 is 0 Å². The standard InChI is InChI=1S/C6H12/c1-4-5(2)6(4)3/h4-6H,1-3H3. The van der Waals surface area contributed by atoms with Gasteiger partial charge in [0.1, 0.15) is 0 Å². The highest BCUT2D eigenvalue weighted by molar-refractivity contribution is 4.86. The van der Waals surface area contributed by atoms with Crippen molar-refractivity contribution in [3.05, 3.63) is 0 Å². The van der Waals surface area contributed by atoms with E-state index in [4.69, 9.17) is 0 Å². The molecule has 1 rings (SSSR count). The normalized spacial score (nSPS) is 55.5. The van der Waals surface area contributed by atoms with E-state index in [1.807, 2.05) is 0 Å². The van der Waals surface area contributed by atoms with Crippen molar-refractivity contribution in [3.8, 4) is 0 Å². The third-order valence-electron chi connectivity index (χ3n) is 2.35. The Kier molecular flexibility index (Phi) is 0.686. The van der Waals surface area contributed by atoms with E-state index in [0.717, 1.165) is 17.8 Å². The molecule has 0 radical (unpaired) electrons. The molecule has 0 nitrogen and oxygen atoms in total. The van der Waals surface area contributed by atoms with Gasteiger partial charge in [-0.2, -0.15) is 0 Å². The summed E-state index contributed by atoms with van der Waals surface area (Å²) in [6, 6.07) is 0. The molecule has 1 aliphatic carbocycles. The molecule has 0 heteroatoms. The molecular formula is C6H12. The zero-order chi connectivity index (χ0) is 4.73.